The molecule has 0 aliphatic carbocycles. The van der Waals surface area contributed by atoms with Crippen LogP contribution in [0.3, 0.4) is 0 Å². The highest BCUT2D eigenvalue weighted by Gasteiger charge is 2.42. The minimum atomic E-state index is -0.121. The lowest BCUT2D eigenvalue weighted by Gasteiger charge is -2.16. The Balaban J connectivity index is 1.38. The molecule has 0 saturated carbocycles. The van der Waals surface area contributed by atoms with Crippen LogP contribution in [-0.4, -0.2) is 73.0 Å². The normalized spacial score (nSPS) is 22.2. The zero-order chi connectivity index (χ0) is 21.8. The standard InChI is InChI=1S/C20H34N4O5S/c1-14(25)21-9-10-22-18(27)8-12-29-11-4-6-15(26)5-2-3-7-17-19-16(13-30-17)23-20(28)24-19/h16-17,19H,2-13H2,1H3,(H,21,25)(H,22,27)(H2,23,24,28)/t16-,17-,19-/m0/s1. The second kappa shape index (κ2) is 13.5. The lowest BCUT2D eigenvalue weighted by molar-refractivity contribution is -0.123. The van der Waals surface area contributed by atoms with Gasteiger partial charge in [-0.05, 0) is 19.3 Å². The minimum Gasteiger partial charge on any atom is -0.381 e. The highest BCUT2D eigenvalue weighted by atomic mass is 32.2. The van der Waals surface area contributed by atoms with E-state index in [4.69, 9.17) is 4.74 Å². The number of rotatable bonds is 15. The summed E-state index contributed by atoms with van der Waals surface area (Å²) in [4.78, 5) is 45.6. The van der Waals surface area contributed by atoms with Crippen molar-refractivity contribution in [1.82, 2.24) is 21.3 Å². The molecular formula is C20H34N4O5S. The third-order valence-corrected chi connectivity index (χ3v) is 6.68. The Labute approximate surface area is 182 Å². The van der Waals surface area contributed by atoms with Crippen molar-refractivity contribution in [3.63, 3.8) is 0 Å². The first-order chi connectivity index (χ1) is 14.5. The average molecular weight is 443 g/mol. The van der Waals surface area contributed by atoms with Gasteiger partial charge in [-0.15, -0.1) is 0 Å². The molecule has 2 rings (SSSR count). The number of nitrogens with one attached hydrogen (secondary N) is 4. The number of hydrogen-bond donors (Lipinski definition) is 4. The maximum atomic E-state index is 12.0. The van der Waals surface area contributed by atoms with E-state index in [1.807, 2.05) is 11.8 Å². The van der Waals surface area contributed by atoms with Crippen molar-refractivity contribution >= 4 is 35.4 Å². The molecule has 2 aliphatic rings. The van der Waals surface area contributed by atoms with Gasteiger partial charge in [0, 0.05) is 56.9 Å². The maximum absolute atomic E-state index is 12.0. The molecular weight excluding hydrogens is 408 g/mol. The molecule has 2 heterocycles. The summed E-state index contributed by atoms with van der Waals surface area (Å²) in [5.74, 6) is 0.981. The van der Waals surface area contributed by atoms with Gasteiger partial charge in [0.05, 0.1) is 18.7 Å². The molecule has 0 aromatic rings. The van der Waals surface area contributed by atoms with Crippen molar-refractivity contribution in [2.45, 2.75) is 69.2 Å². The Hall–Kier alpha value is -1.81. The van der Waals surface area contributed by atoms with Gasteiger partial charge < -0.3 is 26.0 Å². The van der Waals surface area contributed by atoms with Crippen molar-refractivity contribution in [2.24, 2.45) is 0 Å². The smallest absolute Gasteiger partial charge is 0.315 e. The van der Waals surface area contributed by atoms with Crippen molar-refractivity contribution in [3.05, 3.63) is 0 Å². The summed E-state index contributed by atoms with van der Waals surface area (Å²) in [5, 5.41) is 11.7. The van der Waals surface area contributed by atoms with Crippen LogP contribution in [0.4, 0.5) is 4.79 Å². The molecule has 4 N–H and O–H groups in total. The monoisotopic (exact) mass is 442 g/mol. The molecule has 9 nitrogen and oxygen atoms in total. The highest BCUT2D eigenvalue weighted by molar-refractivity contribution is 8.00. The van der Waals surface area contributed by atoms with Crippen molar-refractivity contribution < 1.29 is 23.9 Å². The predicted octanol–water partition coefficient (Wildman–Crippen LogP) is 0.721. The SMILES string of the molecule is CC(=O)NCCNC(=O)CCOCCCC(=O)CCCC[C@@H]1SC[C@@H]2NC(=O)N[C@@H]21. The van der Waals surface area contributed by atoms with Gasteiger partial charge in [0.25, 0.3) is 0 Å². The molecule has 0 aromatic heterocycles. The number of unbranched alkanes of at least 4 members (excludes halogenated alkanes) is 1. The van der Waals surface area contributed by atoms with E-state index in [-0.39, 0.29) is 42.1 Å². The fourth-order valence-corrected chi connectivity index (χ4v) is 5.15. The zero-order valence-electron chi connectivity index (χ0n) is 17.7. The van der Waals surface area contributed by atoms with Gasteiger partial charge in [-0.25, -0.2) is 4.79 Å². The molecule has 3 atom stereocenters. The number of Topliss-reactive ketones (excluding diaryl/α,β-unsaturated/α-hetero) is 1. The average Bonchev–Trinajstić information content (AvgIpc) is 3.24. The van der Waals surface area contributed by atoms with Crippen LogP contribution in [0.5, 0.6) is 0 Å². The van der Waals surface area contributed by atoms with E-state index in [0.717, 1.165) is 25.0 Å². The van der Waals surface area contributed by atoms with Gasteiger partial charge in [-0.3, -0.25) is 14.4 Å². The number of ketones is 1. The number of hydrogen-bond acceptors (Lipinski definition) is 6. The molecule has 0 radical (unpaired) electrons. The van der Waals surface area contributed by atoms with Crippen LogP contribution in [0.1, 0.15) is 51.9 Å². The van der Waals surface area contributed by atoms with Crippen LogP contribution in [0.25, 0.3) is 0 Å². The summed E-state index contributed by atoms with van der Waals surface area (Å²) >= 11 is 1.90. The van der Waals surface area contributed by atoms with E-state index in [2.05, 4.69) is 21.3 Å². The summed E-state index contributed by atoms with van der Waals surface area (Å²) in [5.41, 5.74) is 0. The Morgan fingerprint density at radius 2 is 1.80 bits per heavy atom. The summed E-state index contributed by atoms with van der Waals surface area (Å²) in [6, 6.07) is 0.425. The number of carbonyl (C=O) groups excluding carboxylic acids is 4. The number of ether oxygens (including phenoxy) is 1. The number of fused-ring (bicyclic) bond motifs is 1. The Morgan fingerprint density at radius 1 is 1.03 bits per heavy atom. The number of amides is 4. The fourth-order valence-electron chi connectivity index (χ4n) is 3.60. The van der Waals surface area contributed by atoms with E-state index >= 15 is 0 Å². The van der Waals surface area contributed by atoms with Crippen molar-refractivity contribution in [2.75, 3.05) is 32.1 Å². The Kier molecular flexibility index (Phi) is 11.0. The van der Waals surface area contributed by atoms with E-state index in [9.17, 15) is 19.2 Å². The molecule has 4 amide bonds. The lowest BCUT2D eigenvalue weighted by Crippen LogP contribution is -2.36. The van der Waals surface area contributed by atoms with Gasteiger partial charge in [0.15, 0.2) is 0 Å². The van der Waals surface area contributed by atoms with Gasteiger partial charge in [0.2, 0.25) is 11.8 Å². The van der Waals surface area contributed by atoms with E-state index in [0.29, 0.717) is 50.8 Å². The first kappa shape index (κ1) is 24.5. The summed E-state index contributed by atoms with van der Waals surface area (Å²) in [6.07, 6.45) is 4.94. The van der Waals surface area contributed by atoms with E-state index < -0.39 is 0 Å². The second-order valence-corrected chi connectivity index (χ2v) is 8.98. The van der Waals surface area contributed by atoms with Gasteiger partial charge in [-0.1, -0.05) is 6.42 Å². The molecule has 2 fully saturated rings. The quantitative estimate of drug-likeness (QED) is 0.219. The predicted molar refractivity (Wildman–Crippen MR) is 115 cm³/mol. The van der Waals surface area contributed by atoms with Crippen LogP contribution >= 0.6 is 11.8 Å². The topological polar surface area (TPSA) is 126 Å². The van der Waals surface area contributed by atoms with Crippen LogP contribution in [0.15, 0.2) is 0 Å². The molecule has 0 bridgehead atoms. The molecule has 2 aliphatic heterocycles. The molecule has 10 heteroatoms. The molecule has 0 spiro atoms. The first-order valence-electron chi connectivity index (χ1n) is 10.7. The van der Waals surface area contributed by atoms with E-state index in [1.165, 1.54) is 6.92 Å². The highest BCUT2D eigenvalue weighted by Crippen LogP contribution is 2.33. The van der Waals surface area contributed by atoms with Gasteiger partial charge in [0.1, 0.15) is 5.78 Å². The maximum Gasteiger partial charge on any atom is 0.315 e. The molecule has 0 unspecified atom stereocenters. The van der Waals surface area contributed by atoms with Gasteiger partial charge in [-0.2, -0.15) is 11.8 Å². The molecule has 30 heavy (non-hydrogen) atoms. The van der Waals surface area contributed by atoms with Gasteiger partial charge >= 0.3 is 6.03 Å². The van der Waals surface area contributed by atoms with Crippen molar-refractivity contribution in [1.29, 1.82) is 0 Å². The largest absolute Gasteiger partial charge is 0.381 e. The number of urea groups is 1. The van der Waals surface area contributed by atoms with Crippen LogP contribution in [-0.2, 0) is 19.1 Å². The summed E-state index contributed by atoms with van der Waals surface area (Å²) in [7, 11) is 0. The molecule has 170 valence electrons. The summed E-state index contributed by atoms with van der Waals surface area (Å²) < 4.78 is 5.42. The number of thioether (sulfide) groups is 1. The fraction of sp³-hybridized carbons (Fsp3) is 0.800. The third kappa shape index (κ3) is 9.34. The first-order valence-corrected chi connectivity index (χ1v) is 11.8. The minimum absolute atomic E-state index is 0.0599. The third-order valence-electron chi connectivity index (χ3n) is 5.17. The Morgan fingerprint density at radius 3 is 2.60 bits per heavy atom. The van der Waals surface area contributed by atoms with E-state index in [1.54, 1.807) is 0 Å². The van der Waals surface area contributed by atoms with Crippen molar-refractivity contribution in [3.8, 4) is 0 Å². The molecule has 0 aromatic carbocycles. The second-order valence-electron chi connectivity index (χ2n) is 7.71. The number of carbonyl (C=O) groups is 4. The van der Waals surface area contributed by atoms with Crippen LogP contribution in [0, 0.1) is 0 Å². The zero-order valence-corrected chi connectivity index (χ0v) is 18.5. The molecule has 2 saturated heterocycles. The Bertz CT molecular complexity index is 604. The van der Waals surface area contributed by atoms with Crippen LogP contribution < -0.4 is 21.3 Å². The summed E-state index contributed by atoms with van der Waals surface area (Å²) in [6.45, 7) is 3.05. The van der Waals surface area contributed by atoms with Crippen LogP contribution in [0.2, 0.25) is 0 Å². The lowest BCUT2D eigenvalue weighted by atomic mass is 10.0.